The zero-order valence-electron chi connectivity index (χ0n) is 25.7. The molecule has 4 aliphatic rings. The molecule has 3 heterocycles. The Morgan fingerprint density at radius 3 is 2.60 bits per heavy atom. The number of amides is 1. The monoisotopic (exact) mass is 660 g/mol. The van der Waals surface area contributed by atoms with E-state index in [4.69, 9.17) is 21.3 Å². The number of carbonyl (C=O) groups excluding carboxylic acids is 1. The molecule has 242 valence electrons. The maximum Gasteiger partial charge on any atom is 0.282 e. The summed E-state index contributed by atoms with van der Waals surface area (Å²) in [5.74, 6) is -3.23. The molecule has 47 heavy (non-hydrogen) atoms. The molecule has 1 amide bonds. The van der Waals surface area contributed by atoms with Gasteiger partial charge in [-0.2, -0.15) is 10.5 Å². The third-order valence-electron chi connectivity index (χ3n) is 9.29. The number of dihydropyridines is 1. The molecule has 0 saturated carbocycles. The fourth-order valence-electron chi connectivity index (χ4n) is 7.02. The van der Waals surface area contributed by atoms with Gasteiger partial charge < -0.3 is 14.5 Å². The summed E-state index contributed by atoms with van der Waals surface area (Å²) >= 11 is 6.59. The lowest BCUT2D eigenvalue weighted by molar-refractivity contribution is -0.133. The van der Waals surface area contributed by atoms with Crippen molar-refractivity contribution >= 4 is 39.8 Å². The van der Waals surface area contributed by atoms with Crippen LogP contribution in [0.4, 0.5) is 13.2 Å². The lowest BCUT2D eigenvalue weighted by Crippen LogP contribution is -2.56. The van der Waals surface area contributed by atoms with Crippen LogP contribution < -0.4 is 0 Å². The Labute approximate surface area is 275 Å². The topological polar surface area (TPSA) is 96.0 Å². The highest BCUT2D eigenvalue weighted by molar-refractivity contribution is 6.36. The van der Waals surface area contributed by atoms with Gasteiger partial charge in [-0.05, 0) is 42.6 Å². The minimum atomic E-state index is -1.13. The summed E-state index contributed by atoms with van der Waals surface area (Å²) in [6.07, 6.45) is 2.33. The van der Waals surface area contributed by atoms with Gasteiger partial charge in [-0.15, -0.1) is 0 Å². The molecule has 0 bridgehead atoms. The largest absolute Gasteiger partial charge is 0.475 e. The van der Waals surface area contributed by atoms with Crippen LogP contribution in [0.5, 0.6) is 0 Å². The molecule has 0 aromatic heterocycles. The number of hydrogen-bond acceptors (Lipinski definition) is 7. The van der Waals surface area contributed by atoms with E-state index >= 15 is 4.39 Å². The first-order valence-electron chi connectivity index (χ1n) is 15.3. The van der Waals surface area contributed by atoms with Crippen LogP contribution in [0.15, 0.2) is 83.0 Å². The standard InChI is InChI=1S/C35H32ClF3N6O2/c1-20(37)35(46)45-12-11-44(18-23(45)9-10-40)33-27-14-30(39)26(25-7-3-5-21-6-4-8-29(36)32(21)25)15-31(27)42-34(28(33)16-41)47-19-24-13-22(38)17-43(24)2/h3-8,14-15,22-24,27,31H,1,9,11-13,17-19H2,2H3/t22-,23+,24+,27?,31?/m1/s1. The van der Waals surface area contributed by atoms with Crippen LogP contribution in [0.1, 0.15) is 18.4 Å². The zero-order chi connectivity index (χ0) is 33.4. The number of aliphatic imine (C=N–C) groups is 1. The average molecular weight is 661 g/mol. The van der Waals surface area contributed by atoms with Gasteiger partial charge in [0.2, 0.25) is 5.90 Å². The van der Waals surface area contributed by atoms with Crippen molar-refractivity contribution in [2.75, 3.05) is 39.8 Å². The Morgan fingerprint density at radius 1 is 1.15 bits per heavy atom. The number of nitrogens with zero attached hydrogens (tertiary/aromatic N) is 6. The van der Waals surface area contributed by atoms with E-state index in [1.165, 1.54) is 11.0 Å². The molecule has 0 radical (unpaired) electrons. The molecule has 3 aliphatic heterocycles. The van der Waals surface area contributed by atoms with E-state index in [1.807, 2.05) is 34.1 Å². The Bertz CT molecular complexity index is 1840. The molecule has 12 heteroatoms. The van der Waals surface area contributed by atoms with E-state index in [-0.39, 0.29) is 63.1 Å². The van der Waals surface area contributed by atoms with Crippen molar-refractivity contribution in [3.63, 3.8) is 0 Å². The number of hydrogen-bond donors (Lipinski definition) is 0. The van der Waals surface area contributed by atoms with Crippen LogP contribution >= 0.6 is 11.6 Å². The number of rotatable bonds is 6. The Kier molecular flexibility index (Phi) is 9.14. The number of likely N-dealkylation sites (tertiary alicyclic amines) is 1. The van der Waals surface area contributed by atoms with E-state index in [2.05, 4.69) is 18.7 Å². The van der Waals surface area contributed by atoms with Crippen molar-refractivity contribution in [2.24, 2.45) is 10.9 Å². The van der Waals surface area contributed by atoms with Crippen molar-refractivity contribution in [2.45, 2.75) is 37.1 Å². The van der Waals surface area contributed by atoms with Crippen LogP contribution in [0, 0.1) is 28.6 Å². The average Bonchev–Trinajstić information content (AvgIpc) is 3.38. The number of halogens is 4. The number of piperazine rings is 1. The molecule has 2 fully saturated rings. The minimum absolute atomic E-state index is 0.0492. The number of allylic oxidation sites excluding steroid dienone is 2. The Hall–Kier alpha value is -4.58. The highest BCUT2D eigenvalue weighted by atomic mass is 35.5. The Balaban J connectivity index is 1.42. The molecule has 6 rings (SSSR count). The molecule has 2 saturated heterocycles. The van der Waals surface area contributed by atoms with Gasteiger partial charge >= 0.3 is 0 Å². The number of alkyl halides is 1. The van der Waals surface area contributed by atoms with E-state index in [0.717, 1.165) is 5.39 Å². The third-order valence-corrected chi connectivity index (χ3v) is 9.60. The third kappa shape index (κ3) is 6.14. The molecule has 1 aliphatic carbocycles. The lowest BCUT2D eigenvalue weighted by atomic mass is 9.81. The van der Waals surface area contributed by atoms with Gasteiger partial charge in [0.1, 0.15) is 30.2 Å². The highest BCUT2D eigenvalue weighted by Crippen LogP contribution is 2.43. The normalized spacial score (nSPS) is 26.2. The highest BCUT2D eigenvalue weighted by Gasteiger charge is 2.42. The van der Waals surface area contributed by atoms with Gasteiger partial charge in [0.15, 0.2) is 5.83 Å². The second kappa shape index (κ2) is 13.3. The zero-order valence-corrected chi connectivity index (χ0v) is 26.4. The first-order chi connectivity index (χ1) is 22.6. The molecule has 0 N–H and O–H groups in total. The number of ether oxygens (including phenoxy) is 1. The molecular weight excluding hydrogens is 629 g/mol. The summed E-state index contributed by atoms with van der Waals surface area (Å²) in [7, 11) is 1.81. The maximum atomic E-state index is 16.3. The van der Waals surface area contributed by atoms with E-state index < -0.39 is 41.7 Å². The maximum absolute atomic E-state index is 16.3. The van der Waals surface area contributed by atoms with Gasteiger partial charge in [0.25, 0.3) is 5.91 Å². The van der Waals surface area contributed by atoms with Crippen molar-refractivity contribution in [1.29, 1.82) is 10.5 Å². The van der Waals surface area contributed by atoms with Gasteiger partial charge in [-0.3, -0.25) is 9.69 Å². The lowest BCUT2D eigenvalue weighted by Gasteiger charge is -2.45. The number of benzene rings is 2. The fraction of sp³-hybridized carbons (Fsp3) is 0.371. The molecule has 2 aromatic rings. The molecule has 0 spiro atoms. The molecule has 2 aromatic carbocycles. The van der Waals surface area contributed by atoms with Crippen LogP contribution in [0.25, 0.3) is 16.3 Å². The summed E-state index contributed by atoms with van der Waals surface area (Å²) in [4.78, 5) is 22.3. The summed E-state index contributed by atoms with van der Waals surface area (Å²) in [5, 5.41) is 22.0. The quantitative estimate of drug-likeness (QED) is 0.359. The number of carbonyl (C=O) groups is 1. The second-order valence-electron chi connectivity index (χ2n) is 12.2. The van der Waals surface area contributed by atoms with Crippen LogP contribution in [0.3, 0.4) is 0 Å². The van der Waals surface area contributed by atoms with Crippen molar-refractivity contribution in [3.8, 4) is 12.1 Å². The molecule has 2 unspecified atom stereocenters. The number of fused-ring (bicyclic) bond motifs is 2. The van der Waals surface area contributed by atoms with Crippen LogP contribution in [-0.2, 0) is 9.53 Å². The van der Waals surface area contributed by atoms with Gasteiger partial charge in [0.05, 0.1) is 24.6 Å². The number of likely N-dealkylation sites (N-methyl/N-ethyl adjacent to an activating group) is 1. The first-order valence-corrected chi connectivity index (χ1v) is 15.7. The van der Waals surface area contributed by atoms with E-state index in [0.29, 0.717) is 27.2 Å². The predicted octanol–water partition coefficient (Wildman–Crippen LogP) is 5.89. The second-order valence-corrected chi connectivity index (χ2v) is 12.6. The summed E-state index contributed by atoms with van der Waals surface area (Å²) < 4.78 is 50.5. The van der Waals surface area contributed by atoms with E-state index in [9.17, 15) is 24.1 Å². The van der Waals surface area contributed by atoms with Crippen molar-refractivity contribution in [1.82, 2.24) is 14.7 Å². The predicted molar refractivity (Wildman–Crippen MR) is 173 cm³/mol. The van der Waals surface area contributed by atoms with Crippen molar-refractivity contribution in [3.05, 3.63) is 88.6 Å². The smallest absolute Gasteiger partial charge is 0.282 e. The first kappa shape index (κ1) is 32.4. The fourth-order valence-corrected chi connectivity index (χ4v) is 7.30. The summed E-state index contributed by atoms with van der Waals surface area (Å²) in [5.41, 5.74) is 1.40. The van der Waals surface area contributed by atoms with E-state index in [1.54, 1.807) is 25.3 Å². The van der Waals surface area contributed by atoms with Crippen LogP contribution in [-0.4, -0.2) is 90.6 Å². The van der Waals surface area contributed by atoms with Crippen LogP contribution in [0.2, 0.25) is 5.02 Å². The minimum Gasteiger partial charge on any atom is -0.475 e. The van der Waals surface area contributed by atoms with Gasteiger partial charge in [0, 0.05) is 59.8 Å². The van der Waals surface area contributed by atoms with Crippen molar-refractivity contribution < 1.29 is 22.7 Å². The molecular formula is C35H32ClF3N6O2. The molecule has 8 nitrogen and oxygen atoms in total. The SMILES string of the molecule is C=C(F)C(=O)N1CCN(C2=C(C#N)C(OC[C@@H]3C[C@@H](F)CN3C)=NC3C=C(c4cccc5cccc(Cl)c45)C(F)=CC23)C[C@@H]1CC#N. The summed E-state index contributed by atoms with van der Waals surface area (Å²) in [6, 6.07) is 13.6. The molecule has 5 atom stereocenters. The van der Waals surface area contributed by atoms with Gasteiger partial charge in [-0.1, -0.05) is 48.5 Å². The Morgan fingerprint density at radius 2 is 1.91 bits per heavy atom. The number of nitriles is 2. The summed E-state index contributed by atoms with van der Waals surface area (Å²) in [6.45, 7) is 3.80. The van der Waals surface area contributed by atoms with Gasteiger partial charge in [-0.25, -0.2) is 18.2 Å².